The van der Waals surface area contributed by atoms with Gasteiger partial charge >= 0.3 is 0 Å². The number of amidine groups is 1. The predicted molar refractivity (Wildman–Crippen MR) is 71.3 cm³/mol. The normalized spacial score (nSPS) is 12.4. The van der Waals surface area contributed by atoms with Crippen LogP contribution in [0.1, 0.15) is 5.56 Å². The molecule has 5 N–H and O–H groups in total. The number of hydrogen-bond acceptors (Lipinski definition) is 5. The fourth-order valence-electron chi connectivity index (χ4n) is 1.27. The van der Waals surface area contributed by atoms with Gasteiger partial charge in [-0.1, -0.05) is 5.16 Å². The van der Waals surface area contributed by atoms with Crippen molar-refractivity contribution in [2.75, 3.05) is 25.0 Å². The first kappa shape index (κ1) is 16.1. The van der Waals surface area contributed by atoms with E-state index >= 15 is 0 Å². The zero-order valence-electron chi connectivity index (χ0n) is 10.6. The Morgan fingerprint density at radius 3 is 2.80 bits per heavy atom. The summed E-state index contributed by atoms with van der Waals surface area (Å²) in [5.41, 5.74) is 5.16. The van der Waals surface area contributed by atoms with Gasteiger partial charge in [0.05, 0.1) is 12.3 Å². The van der Waals surface area contributed by atoms with E-state index in [0.717, 1.165) is 12.1 Å². The number of rotatable bonds is 7. The number of benzene rings is 1. The van der Waals surface area contributed by atoms with Crippen LogP contribution in [0.25, 0.3) is 0 Å². The lowest BCUT2D eigenvalue weighted by atomic mass is 10.2. The minimum Gasteiger partial charge on any atom is -0.409 e. The van der Waals surface area contributed by atoms with Crippen LogP contribution in [0.3, 0.4) is 0 Å². The second-order valence-corrected chi connectivity index (χ2v) is 5.17. The lowest BCUT2D eigenvalue weighted by Gasteiger charge is -2.10. The van der Waals surface area contributed by atoms with Gasteiger partial charge in [-0.3, -0.25) is 4.72 Å². The summed E-state index contributed by atoms with van der Waals surface area (Å²) in [6, 6.07) is 3.42. The van der Waals surface area contributed by atoms with Crippen molar-refractivity contribution >= 4 is 21.7 Å². The van der Waals surface area contributed by atoms with Crippen LogP contribution < -0.4 is 15.2 Å². The lowest BCUT2D eigenvalue weighted by molar-refractivity contribution is 0.204. The van der Waals surface area contributed by atoms with Gasteiger partial charge in [0.2, 0.25) is 0 Å². The number of nitrogens with two attached hydrogens (primary N) is 1. The first-order valence-electron chi connectivity index (χ1n) is 5.43. The SMILES string of the molecule is COCCNS(=O)(=O)Nc1ccc(/C(N)=N/O)cc1F. The van der Waals surface area contributed by atoms with E-state index in [0.29, 0.717) is 0 Å². The average molecular weight is 306 g/mol. The maximum absolute atomic E-state index is 13.7. The zero-order chi connectivity index (χ0) is 15.2. The standard InChI is InChI=1S/C10H15FN4O4S/c1-19-5-4-13-20(17,18)15-9-3-2-7(6-8(9)11)10(12)14-16/h2-3,6,13,15-16H,4-5H2,1H3,(H2,12,14). The van der Waals surface area contributed by atoms with Crippen molar-refractivity contribution in [1.82, 2.24) is 4.72 Å². The van der Waals surface area contributed by atoms with Gasteiger partial charge in [-0.05, 0) is 18.2 Å². The summed E-state index contributed by atoms with van der Waals surface area (Å²) in [4.78, 5) is 0. The molecule has 0 amide bonds. The zero-order valence-corrected chi connectivity index (χ0v) is 11.4. The summed E-state index contributed by atoms with van der Waals surface area (Å²) in [7, 11) is -2.48. The first-order valence-corrected chi connectivity index (χ1v) is 6.91. The van der Waals surface area contributed by atoms with Gasteiger partial charge in [0.25, 0.3) is 10.2 Å². The van der Waals surface area contributed by atoms with Crippen molar-refractivity contribution in [3.63, 3.8) is 0 Å². The summed E-state index contributed by atoms with van der Waals surface area (Å²) >= 11 is 0. The Morgan fingerprint density at radius 1 is 1.55 bits per heavy atom. The molecule has 0 spiro atoms. The van der Waals surface area contributed by atoms with E-state index < -0.39 is 16.0 Å². The third-order valence-electron chi connectivity index (χ3n) is 2.22. The number of nitrogens with zero attached hydrogens (tertiary/aromatic N) is 1. The van der Waals surface area contributed by atoms with Crippen LogP contribution in [0, 0.1) is 5.82 Å². The first-order chi connectivity index (χ1) is 9.39. The smallest absolute Gasteiger partial charge is 0.299 e. The Balaban J connectivity index is 2.83. The molecular formula is C10H15FN4O4S. The topological polar surface area (TPSA) is 126 Å². The highest BCUT2D eigenvalue weighted by molar-refractivity contribution is 7.90. The van der Waals surface area contributed by atoms with E-state index in [1.54, 1.807) is 0 Å². The molecule has 1 aromatic rings. The van der Waals surface area contributed by atoms with Crippen molar-refractivity contribution in [2.24, 2.45) is 10.9 Å². The van der Waals surface area contributed by atoms with Gasteiger partial charge in [-0.15, -0.1) is 0 Å². The van der Waals surface area contributed by atoms with Crippen LogP contribution in [-0.4, -0.2) is 39.7 Å². The van der Waals surface area contributed by atoms with Crippen LogP contribution in [0.15, 0.2) is 23.4 Å². The molecule has 20 heavy (non-hydrogen) atoms. The second-order valence-electron chi connectivity index (χ2n) is 3.67. The molecule has 0 saturated carbocycles. The highest BCUT2D eigenvalue weighted by atomic mass is 32.2. The number of anilines is 1. The van der Waals surface area contributed by atoms with E-state index in [1.807, 2.05) is 4.72 Å². The maximum atomic E-state index is 13.7. The number of oxime groups is 1. The molecular weight excluding hydrogens is 291 g/mol. The van der Waals surface area contributed by atoms with Gasteiger partial charge in [-0.2, -0.15) is 13.1 Å². The molecule has 0 fully saturated rings. The summed E-state index contributed by atoms with van der Waals surface area (Å²) in [5, 5.41) is 11.2. The van der Waals surface area contributed by atoms with E-state index in [2.05, 4.69) is 14.6 Å². The van der Waals surface area contributed by atoms with Gasteiger partial charge in [-0.25, -0.2) is 4.39 Å². The van der Waals surface area contributed by atoms with Gasteiger partial charge in [0.1, 0.15) is 5.82 Å². The van der Waals surface area contributed by atoms with Gasteiger partial charge < -0.3 is 15.7 Å². The molecule has 112 valence electrons. The molecule has 1 aromatic carbocycles. The second kappa shape index (κ2) is 7.03. The summed E-state index contributed by atoms with van der Waals surface area (Å²) in [6.45, 7) is 0.238. The van der Waals surface area contributed by atoms with E-state index in [1.165, 1.54) is 13.2 Å². The molecule has 0 atom stereocenters. The van der Waals surface area contributed by atoms with Crippen molar-refractivity contribution in [2.45, 2.75) is 0 Å². The minimum atomic E-state index is -3.90. The molecule has 0 aromatic heterocycles. The Morgan fingerprint density at radius 2 is 2.25 bits per heavy atom. The fourth-order valence-corrected chi connectivity index (χ4v) is 2.15. The number of methoxy groups -OCH3 is 1. The third kappa shape index (κ3) is 4.64. The number of ether oxygens (including phenoxy) is 1. The molecule has 0 aliphatic carbocycles. The molecule has 0 unspecified atom stereocenters. The molecule has 0 aliphatic heterocycles. The predicted octanol–water partition coefficient (Wildman–Crippen LogP) is -0.187. The highest BCUT2D eigenvalue weighted by Gasteiger charge is 2.13. The average Bonchev–Trinajstić information content (AvgIpc) is 2.40. The monoisotopic (exact) mass is 306 g/mol. The number of halogens is 1. The van der Waals surface area contributed by atoms with E-state index in [9.17, 15) is 12.8 Å². The molecule has 10 heteroatoms. The van der Waals surface area contributed by atoms with Crippen molar-refractivity contribution < 1.29 is 22.8 Å². The van der Waals surface area contributed by atoms with Crippen LogP contribution >= 0.6 is 0 Å². The van der Waals surface area contributed by atoms with E-state index in [4.69, 9.17) is 10.9 Å². The summed E-state index contributed by atoms with van der Waals surface area (Å²) < 4.78 is 45.7. The number of nitrogens with one attached hydrogen (secondary N) is 2. The molecule has 1 rings (SSSR count). The van der Waals surface area contributed by atoms with Crippen LogP contribution in [-0.2, 0) is 14.9 Å². The fraction of sp³-hybridized carbons (Fsp3) is 0.300. The molecule has 0 saturated heterocycles. The van der Waals surface area contributed by atoms with Gasteiger partial charge in [0, 0.05) is 19.2 Å². The third-order valence-corrected chi connectivity index (χ3v) is 3.29. The summed E-state index contributed by atoms with van der Waals surface area (Å²) in [5.74, 6) is -1.14. The molecule has 0 bridgehead atoms. The maximum Gasteiger partial charge on any atom is 0.299 e. The Kier molecular flexibility index (Phi) is 5.67. The minimum absolute atomic E-state index is 0.0512. The quantitative estimate of drug-likeness (QED) is 0.183. The van der Waals surface area contributed by atoms with Crippen molar-refractivity contribution in [3.05, 3.63) is 29.6 Å². The largest absolute Gasteiger partial charge is 0.409 e. The Bertz CT molecular complexity index is 591. The Labute approximate surface area is 115 Å². The number of hydrogen-bond donors (Lipinski definition) is 4. The molecule has 8 nitrogen and oxygen atoms in total. The summed E-state index contributed by atoms with van der Waals surface area (Å²) in [6.07, 6.45) is 0. The van der Waals surface area contributed by atoms with Crippen molar-refractivity contribution in [1.29, 1.82) is 0 Å². The molecule has 0 aliphatic rings. The van der Waals surface area contributed by atoms with Crippen LogP contribution in [0.5, 0.6) is 0 Å². The molecule has 0 heterocycles. The lowest BCUT2D eigenvalue weighted by Crippen LogP contribution is -2.32. The van der Waals surface area contributed by atoms with Crippen molar-refractivity contribution in [3.8, 4) is 0 Å². The van der Waals surface area contributed by atoms with E-state index in [-0.39, 0.29) is 30.2 Å². The van der Waals surface area contributed by atoms with Crippen LogP contribution in [0.2, 0.25) is 0 Å². The Hall–Kier alpha value is -1.91. The molecule has 0 radical (unpaired) electrons. The van der Waals surface area contributed by atoms with Crippen LogP contribution in [0.4, 0.5) is 10.1 Å². The van der Waals surface area contributed by atoms with Gasteiger partial charge in [0.15, 0.2) is 5.84 Å². The highest BCUT2D eigenvalue weighted by Crippen LogP contribution is 2.16.